The number of aryl methyl sites for hydroxylation is 1. The Morgan fingerprint density at radius 3 is 2.85 bits per heavy atom. The highest BCUT2D eigenvalue weighted by Gasteiger charge is 2.10. The Morgan fingerprint density at radius 2 is 2.04 bits per heavy atom. The Labute approximate surface area is 159 Å². The predicted molar refractivity (Wildman–Crippen MR) is 101 cm³/mol. The molecule has 0 aliphatic rings. The molecule has 1 aromatic carbocycles. The third kappa shape index (κ3) is 5.00. The van der Waals surface area contributed by atoms with E-state index < -0.39 is 11.9 Å². The number of nitrogens with one attached hydrogen (secondary N) is 1. The van der Waals surface area contributed by atoms with Gasteiger partial charge in [0, 0.05) is 12.6 Å². The van der Waals surface area contributed by atoms with Gasteiger partial charge in [-0.05, 0) is 37.1 Å². The number of esters is 1. The standard InChI is InChI=1S/C18H16ClN3O3S/c19-18-13(6-4-10-20-18)21-15(23)11-25-17(24)9-3-8-16-22-12-5-1-2-7-14(12)26-16/h1-2,4-7,10H,3,8-9,11H2,(H,21,23). The molecule has 0 aliphatic heterocycles. The first-order valence-electron chi connectivity index (χ1n) is 8.02. The second-order valence-corrected chi connectivity index (χ2v) is 6.95. The molecular weight excluding hydrogens is 374 g/mol. The van der Waals surface area contributed by atoms with Gasteiger partial charge in [-0.15, -0.1) is 11.3 Å². The maximum absolute atomic E-state index is 11.8. The molecule has 0 atom stereocenters. The molecule has 1 amide bonds. The molecule has 3 rings (SSSR count). The fourth-order valence-corrected chi connectivity index (χ4v) is 3.47. The summed E-state index contributed by atoms with van der Waals surface area (Å²) in [5.41, 5.74) is 1.35. The molecular formula is C18H16ClN3O3S. The van der Waals surface area contributed by atoms with Gasteiger partial charge in [0.15, 0.2) is 11.8 Å². The van der Waals surface area contributed by atoms with Gasteiger partial charge in [0.1, 0.15) is 0 Å². The lowest BCUT2D eigenvalue weighted by molar-refractivity contribution is -0.147. The molecule has 0 bridgehead atoms. The summed E-state index contributed by atoms with van der Waals surface area (Å²) in [4.78, 5) is 31.9. The Hall–Kier alpha value is -2.51. The summed E-state index contributed by atoms with van der Waals surface area (Å²) < 4.78 is 6.12. The van der Waals surface area contributed by atoms with Gasteiger partial charge >= 0.3 is 5.97 Å². The zero-order chi connectivity index (χ0) is 18.4. The fourth-order valence-electron chi connectivity index (χ4n) is 2.29. The van der Waals surface area contributed by atoms with Crippen LogP contribution >= 0.6 is 22.9 Å². The van der Waals surface area contributed by atoms with Crippen LogP contribution in [0.25, 0.3) is 10.2 Å². The fraction of sp³-hybridized carbons (Fsp3) is 0.222. The average Bonchev–Trinajstić information content (AvgIpc) is 3.05. The number of nitrogens with zero attached hydrogens (tertiary/aromatic N) is 2. The number of hydrogen-bond acceptors (Lipinski definition) is 6. The number of anilines is 1. The molecule has 0 fully saturated rings. The second-order valence-electron chi connectivity index (χ2n) is 5.48. The minimum absolute atomic E-state index is 0.183. The monoisotopic (exact) mass is 389 g/mol. The Morgan fingerprint density at radius 1 is 1.19 bits per heavy atom. The Balaban J connectivity index is 1.38. The number of benzene rings is 1. The van der Waals surface area contributed by atoms with E-state index in [0.29, 0.717) is 18.5 Å². The van der Waals surface area contributed by atoms with Crippen LogP contribution < -0.4 is 5.32 Å². The number of hydrogen-bond donors (Lipinski definition) is 1. The molecule has 2 aromatic heterocycles. The lowest BCUT2D eigenvalue weighted by atomic mass is 10.2. The highest BCUT2D eigenvalue weighted by molar-refractivity contribution is 7.18. The summed E-state index contributed by atoms with van der Waals surface area (Å²) in [6.07, 6.45) is 3.07. The number of halogens is 1. The molecule has 0 saturated heterocycles. The first-order chi connectivity index (χ1) is 12.6. The molecule has 26 heavy (non-hydrogen) atoms. The largest absolute Gasteiger partial charge is 0.456 e. The van der Waals surface area contributed by atoms with Gasteiger partial charge in [-0.25, -0.2) is 9.97 Å². The van der Waals surface area contributed by atoms with Crippen LogP contribution in [0.1, 0.15) is 17.8 Å². The van der Waals surface area contributed by atoms with Crippen LogP contribution in [0.2, 0.25) is 5.15 Å². The number of ether oxygens (including phenoxy) is 1. The second kappa shape index (κ2) is 8.73. The van der Waals surface area contributed by atoms with Crippen molar-refractivity contribution in [3.63, 3.8) is 0 Å². The van der Waals surface area contributed by atoms with E-state index in [1.807, 2.05) is 24.3 Å². The van der Waals surface area contributed by atoms with E-state index in [1.165, 1.54) is 6.20 Å². The van der Waals surface area contributed by atoms with Crippen molar-refractivity contribution in [3.05, 3.63) is 52.8 Å². The summed E-state index contributed by atoms with van der Waals surface area (Å²) in [6.45, 7) is -0.356. The smallest absolute Gasteiger partial charge is 0.306 e. The van der Waals surface area contributed by atoms with E-state index in [9.17, 15) is 9.59 Å². The summed E-state index contributed by atoms with van der Waals surface area (Å²) in [7, 11) is 0. The summed E-state index contributed by atoms with van der Waals surface area (Å²) in [5.74, 6) is -0.877. The van der Waals surface area contributed by atoms with Crippen molar-refractivity contribution in [3.8, 4) is 0 Å². The van der Waals surface area contributed by atoms with Crippen molar-refractivity contribution < 1.29 is 14.3 Å². The third-order valence-corrected chi connectivity index (χ3v) is 4.90. The summed E-state index contributed by atoms with van der Waals surface area (Å²) >= 11 is 7.47. The van der Waals surface area contributed by atoms with Crippen LogP contribution in [-0.2, 0) is 20.7 Å². The topological polar surface area (TPSA) is 81.2 Å². The molecule has 134 valence electrons. The van der Waals surface area contributed by atoms with Gasteiger partial charge in [0.25, 0.3) is 5.91 Å². The maximum Gasteiger partial charge on any atom is 0.306 e. The number of amides is 1. The molecule has 2 heterocycles. The number of para-hydroxylation sites is 1. The highest BCUT2D eigenvalue weighted by Crippen LogP contribution is 2.22. The van der Waals surface area contributed by atoms with Gasteiger partial charge in [-0.1, -0.05) is 23.7 Å². The number of carbonyl (C=O) groups is 2. The highest BCUT2D eigenvalue weighted by atomic mass is 35.5. The SMILES string of the molecule is O=C(COC(=O)CCCc1nc2ccccc2s1)Nc1cccnc1Cl. The van der Waals surface area contributed by atoms with Gasteiger partial charge in [0.2, 0.25) is 0 Å². The molecule has 6 nitrogen and oxygen atoms in total. The van der Waals surface area contributed by atoms with Crippen LogP contribution in [0.15, 0.2) is 42.6 Å². The quantitative estimate of drug-likeness (QED) is 0.490. The maximum atomic E-state index is 11.8. The van der Waals surface area contributed by atoms with Crippen molar-refractivity contribution in [1.29, 1.82) is 0 Å². The molecule has 0 saturated carbocycles. The van der Waals surface area contributed by atoms with Gasteiger partial charge in [0.05, 0.1) is 20.9 Å². The van der Waals surface area contributed by atoms with Crippen molar-refractivity contribution in [2.75, 3.05) is 11.9 Å². The van der Waals surface area contributed by atoms with Crippen molar-refractivity contribution in [2.24, 2.45) is 0 Å². The molecule has 0 aliphatic carbocycles. The zero-order valence-electron chi connectivity index (χ0n) is 13.8. The van der Waals surface area contributed by atoms with E-state index in [0.717, 1.165) is 15.2 Å². The number of pyridine rings is 1. The number of carbonyl (C=O) groups excluding carboxylic acids is 2. The molecule has 0 unspecified atom stereocenters. The van der Waals surface area contributed by atoms with E-state index in [1.54, 1.807) is 23.5 Å². The molecule has 0 spiro atoms. The van der Waals surface area contributed by atoms with Crippen LogP contribution in [0.5, 0.6) is 0 Å². The molecule has 8 heteroatoms. The number of rotatable bonds is 7. The predicted octanol–water partition coefficient (Wildman–Crippen LogP) is 3.85. The zero-order valence-corrected chi connectivity index (χ0v) is 15.3. The molecule has 0 radical (unpaired) electrons. The first kappa shape index (κ1) is 18.3. The van der Waals surface area contributed by atoms with Crippen LogP contribution in [0.4, 0.5) is 5.69 Å². The van der Waals surface area contributed by atoms with Gasteiger partial charge < -0.3 is 10.1 Å². The minimum atomic E-state index is -0.459. The first-order valence-corrected chi connectivity index (χ1v) is 9.22. The van der Waals surface area contributed by atoms with Crippen molar-refractivity contribution in [2.45, 2.75) is 19.3 Å². The van der Waals surface area contributed by atoms with Crippen molar-refractivity contribution >= 4 is 50.7 Å². The van der Waals surface area contributed by atoms with Crippen LogP contribution in [0, 0.1) is 0 Å². The number of fused-ring (bicyclic) bond motifs is 1. The van der Waals surface area contributed by atoms with E-state index in [2.05, 4.69) is 15.3 Å². The van der Waals surface area contributed by atoms with Gasteiger partial charge in [-0.2, -0.15) is 0 Å². The Kier molecular flexibility index (Phi) is 6.14. The van der Waals surface area contributed by atoms with Crippen molar-refractivity contribution in [1.82, 2.24) is 9.97 Å². The summed E-state index contributed by atoms with van der Waals surface area (Å²) in [5, 5.41) is 3.72. The molecule has 1 N–H and O–H groups in total. The normalized spacial score (nSPS) is 10.7. The summed E-state index contributed by atoms with van der Waals surface area (Å²) in [6, 6.07) is 11.2. The number of aromatic nitrogens is 2. The minimum Gasteiger partial charge on any atom is -0.456 e. The van der Waals surface area contributed by atoms with Gasteiger partial charge in [-0.3, -0.25) is 9.59 Å². The average molecular weight is 390 g/mol. The van der Waals surface area contributed by atoms with E-state index in [-0.39, 0.29) is 18.2 Å². The van der Waals surface area contributed by atoms with E-state index in [4.69, 9.17) is 16.3 Å². The molecule has 3 aromatic rings. The van der Waals surface area contributed by atoms with E-state index >= 15 is 0 Å². The number of thiazole rings is 1. The Bertz CT molecular complexity index is 896. The van der Waals surface area contributed by atoms with Crippen LogP contribution in [-0.4, -0.2) is 28.5 Å². The third-order valence-electron chi connectivity index (χ3n) is 3.51. The lowest BCUT2D eigenvalue weighted by Gasteiger charge is -2.07. The lowest BCUT2D eigenvalue weighted by Crippen LogP contribution is -2.21. The van der Waals surface area contributed by atoms with Crippen LogP contribution in [0.3, 0.4) is 0 Å².